The van der Waals surface area contributed by atoms with Crippen molar-refractivity contribution in [1.82, 2.24) is 10.2 Å². The highest BCUT2D eigenvalue weighted by Crippen LogP contribution is 2.24. The Hall–Kier alpha value is -1.39. The Kier molecular flexibility index (Phi) is 4.03. The number of piperidine rings is 1. The zero-order valence-corrected chi connectivity index (χ0v) is 11.8. The smallest absolute Gasteiger partial charge is 0.254 e. The molecule has 0 spiro atoms. The van der Waals surface area contributed by atoms with Crippen LogP contribution in [-0.2, 0) is 13.0 Å². The number of aliphatic hydroxyl groups excluding tert-OH is 1. The van der Waals surface area contributed by atoms with Crippen molar-refractivity contribution in [2.24, 2.45) is 0 Å². The number of nitrogens with zero attached hydrogens (tertiary/aromatic N) is 1. The maximum absolute atomic E-state index is 12.8. The fraction of sp³-hybridized carbons (Fsp3) is 0.562. The summed E-state index contributed by atoms with van der Waals surface area (Å²) in [7, 11) is 0. The lowest BCUT2D eigenvalue weighted by Gasteiger charge is -2.35. The number of hydrogen-bond acceptors (Lipinski definition) is 3. The van der Waals surface area contributed by atoms with Crippen LogP contribution in [0, 0.1) is 0 Å². The van der Waals surface area contributed by atoms with Crippen LogP contribution in [0.2, 0.25) is 0 Å². The average molecular weight is 274 g/mol. The van der Waals surface area contributed by atoms with Gasteiger partial charge in [0, 0.05) is 18.7 Å². The van der Waals surface area contributed by atoms with Crippen LogP contribution in [0.25, 0.3) is 0 Å². The van der Waals surface area contributed by atoms with E-state index < -0.39 is 0 Å². The molecule has 2 aliphatic heterocycles. The van der Waals surface area contributed by atoms with Crippen LogP contribution >= 0.6 is 0 Å². The Labute approximate surface area is 119 Å². The van der Waals surface area contributed by atoms with E-state index in [0.717, 1.165) is 50.9 Å². The molecule has 0 aliphatic carbocycles. The minimum atomic E-state index is -0.00572. The number of hydrogen-bond donors (Lipinski definition) is 2. The van der Waals surface area contributed by atoms with Crippen LogP contribution in [0.5, 0.6) is 0 Å². The fourth-order valence-corrected chi connectivity index (χ4v) is 3.34. The van der Waals surface area contributed by atoms with Crippen molar-refractivity contribution in [3.8, 4) is 0 Å². The molecular formula is C16H22N2O2. The van der Waals surface area contributed by atoms with Gasteiger partial charge in [-0.3, -0.25) is 4.79 Å². The first kappa shape index (κ1) is 13.6. The second-order valence-corrected chi connectivity index (χ2v) is 5.70. The number of carbonyl (C=O) groups excluding carboxylic acids is 1. The first-order valence-corrected chi connectivity index (χ1v) is 7.54. The molecule has 1 fully saturated rings. The zero-order valence-electron chi connectivity index (χ0n) is 11.8. The molecule has 4 heteroatoms. The molecule has 4 nitrogen and oxygen atoms in total. The largest absolute Gasteiger partial charge is 0.394 e. The minimum Gasteiger partial charge on any atom is -0.394 e. The van der Waals surface area contributed by atoms with Gasteiger partial charge in [-0.25, -0.2) is 0 Å². The van der Waals surface area contributed by atoms with Gasteiger partial charge in [0.1, 0.15) is 0 Å². The number of nitrogens with one attached hydrogen (secondary N) is 1. The summed E-state index contributed by atoms with van der Waals surface area (Å²) in [4.78, 5) is 14.7. The van der Waals surface area contributed by atoms with E-state index in [1.807, 2.05) is 17.0 Å². The molecule has 2 aliphatic rings. The van der Waals surface area contributed by atoms with Gasteiger partial charge in [-0.15, -0.1) is 0 Å². The Balaban J connectivity index is 1.90. The average Bonchev–Trinajstić information content (AvgIpc) is 2.53. The van der Waals surface area contributed by atoms with Crippen molar-refractivity contribution in [1.29, 1.82) is 0 Å². The van der Waals surface area contributed by atoms with Gasteiger partial charge in [-0.1, -0.05) is 12.1 Å². The molecule has 0 saturated carbocycles. The molecule has 0 aromatic heterocycles. The minimum absolute atomic E-state index is 0.00572. The second kappa shape index (κ2) is 5.94. The van der Waals surface area contributed by atoms with E-state index >= 15 is 0 Å². The van der Waals surface area contributed by atoms with Gasteiger partial charge in [0.05, 0.1) is 12.6 Å². The van der Waals surface area contributed by atoms with Crippen molar-refractivity contribution in [2.75, 3.05) is 19.7 Å². The zero-order chi connectivity index (χ0) is 13.9. The monoisotopic (exact) mass is 274 g/mol. The molecule has 1 unspecified atom stereocenters. The van der Waals surface area contributed by atoms with Gasteiger partial charge in [0.2, 0.25) is 0 Å². The third kappa shape index (κ3) is 2.45. The number of likely N-dealkylation sites (tertiary alicyclic amines) is 1. The highest BCUT2D eigenvalue weighted by molar-refractivity contribution is 5.96. The highest BCUT2D eigenvalue weighted by Gasteiger charge is 2.28. The summed E-state index contributed by atoms with van der Waals surface area (Å²) in [6, 6.07) is 6.00. The maximum atomic E-state index is 12.8. The standard InChI is InChI=1S/C16H22N2O2/c19-11-13-5-1-2-9-18(13)16(20)15-6-3-4-12-10-17-8-7-14(12)15/h3-4,6,13,17,19H,1-2,5,7-11H2. The summed E-state index contributed by atoms with van der Waals surface area (Å²) in [6.45, 7) is 2.62. The quantitative estimate of drug-likeness (QED) is 0.855. The topological polar surface area (TPSA) is 52.6 Å². The number of carbonyl (C=O) groups is 1. The van der Waals surface area contributed by atoms with E-state index in [1.165, 1.54) is 11.1 Å². The Bertz CT molecular complexity index is 501. The van der Waals surface area contributed by atoms with Crippen LogP contribution in [-0.4, -0.2) is 41.7 Å². The molecule has 2 N–H and O–H groups in total. The fourth-order valence-electron chi connectivity index (χ4n) is 3.34. The molecule has 1 atom stereocenters. The lowest BCUT2D eigenvalue weighted by molar-refractivity contribution is 0.0501. The first-order chi connectivity index (χ1) is 9.81. The molecule has 20 heavy (non-hydrogen) atoms. The molecule has 1 aromatic carbocycles. The van der Waals surface area contributed by atoms with Gasteiger partial charge in [0.25, 0.3) is 5.91 Å². The molecule has 1 saturated heterocycles. The van der Waals surface area contributed by atoms with Crippen LogP contribution < -0.4 is 5.32 Å². The predicted molar refractivity (Wildman–Crippen MR) is 77.6 cm³/mol. The highest BCUT2D eigenvalue weighted by atomic mass is 16.3. The summed E-state index contributed by atoms with van der Waals surface area (Å²) in [5.41, 5.74) is 3.27. The Morgan fingerprint density at radius 2 is 2.30 bits per heavy atom. The van der Waals surface area contributed by atoms with Gasteiger partial charge < -0.3 is 15.3 Å². The van der Waals surface area contributed by atoms with E-state index in [4.69, 9.17) is 0 Å². The van der Waals surface area contributed by atoms with Gasteiger partial charge >= 0.3 is 0 Å². The maximum Gasteiger partial charge on any atom is 0.254 e. The van der Waals surface area contributed by atoms with E-state index in [9.17, 15) is 9.90 Å². The summed E-state index contributed by atoms with van der Waals surface area (Å²) in [6.07, 6.45) is 3.97. The van der Waals surface area contributed by atoms with E-state index in [0.29, 0.717) is 0 Å². The van der Waals surface area contributed by atoms with Gasteiger partial charge in [0.15, 0.2) is 0 Å². The van der Waals surface area contributed by atoms with Crippen molar-refractivity contribution < 1.29 is 9.90 Å². The Morgan fingerprint density at radius 3 is 3.15 bits per heavy atom. The van der Waals surface area contributed by atoms with Crippen LogP contribution in [0.1, 0.15) is 40.7 Å². The van der Waals surface area contributed by atoms with Crippen molar-refractivity contribution in [3.05, 3.63) is 34.9 Å². The summed E-state index contributed by atoms with van der Waals surface area (Å²) in [5, 5.41) is 12.8. The summed E-state index contributed by atoms with van der Waals surface area (Å²) < 4.78 is 0. The SMILES string of the molecule is O=C(c1cccc2c1CCNC2)N1CCCCC1CO. The number of rotatable bonds is 2. The van der Waals surface area contributed by atoms with Crippen molar-refractivity contribution in [3.63, 3.8) is 0 Å². The van der Waals surface area contributed by atoms with Crippen molar-refractivity contribution in [2.45, 2.75) is 38.3 Å². The van der Waals surface area contributed by atoms with Crippen molar-refractivity contribution >= 4 is 5.91 Å². The van der Waals surface area contributed by atoms with Gasteiger partial charge in [-0.05, 0) is 49.4 Å². The van der Waals surface area contributed by atoms with E-state index in [1.54, 1.807) is 0 Å². The molecule has 1 aromatic rings. The molecular weight excluding hydrogens is 252 g/mol. The molecule has 0 bridgehead atoms. The van der Waals surface area contributed by atoms with Crippen LogP contribution in [0.3, 0.4) is 0 Å². The van der Waals surface area contributed by atoms with Crippen LogP contribution in [0.4, 0.5) is 0 Å². The lowest BCUT2D eigenvalue weighted by atomic mass is 9.93. The number of aliphatic hydroxyl groups is 1. The van der Waals surface area contributed by atoms with E-state index in [2.05, 4.69) is 11.4 Å². The number of amides is 1. The number of fused-ring (bicyclic) bond motifs is 1. The predicted octanol–water partition coefficient (Wildman–Crippen LogP) is 1.32. The molecule has 2 heterocycles. The molecule has 0 radical (unpaired) electrons. The first-order valence-electron chi connectivity index (χ1n) is 7.54. The van der Waals surface area contributed by atoms with Gasteiger partial charge in [-0.2, -0.15) is 0 Å². The lowest BCUT2D eigenvalue weighted by Crippen LogP contribution is -2.46. The third-order valence-corrected chi connectivity index (χ3v) is 4.47. The summed E-state index contributed by atoms with van der Waals surface area (Å²) >= 11 is 0. The second-order valence-electron chi connectivity index (χ2n) is 5.70. The summed E-state index contributed by atoms with van der Waals surface area (Å²) in [5.74, 6) is 0.0995. The molecule has 3 rings (SSSR count). The normalized spacial score (nSPS) is 22.4. The van der Waals surface area contributed by atoms with E-state index in [-0.39, 0.29) is 18.6 Å². The Morgan fingerprint density at radius 1 is 1.40 bits per heavy atom. The molecule has 1 amide bonds. The molecule has 108 valence electrons. The van der Waals surface area contributed by atoms with Crippen LogP contribution in [0.15, 0.2) is 18.2 Å². The number of benzene rings is 1. The third-order valence-electron chi connectivity index (χ3n) is 4.47.